The average molecular weight is 434 g/mol. The Balaban J connectivity index is 1.76. The van der Waals surface area contributed by atoms with Gasteiger partial charge in [0.25, 0.3) is 5.91 Å². The summed E-state index contributed by atoms with van der Waals surface area (Å²) in [6.45, 7) is 1.93. The van der Waals surface area contributed by atoms with E-state index in [1.165, 1.54) is 19.4 Å². The lowest BCUT2D eigenvalue weighted by atomic mass is 10.0. The number of benzene rings is 2. The van der Waals surface area contributed by atoms with Gasteiger partial charge in [0.05, 0.1) is 20.4 Å². The molecule has 0 aliphatic carbocycles. The zero-order valence-corrected chi connectivity index (χ0v) is 17.7. The molecule has 0 bridgehead atoms. The first-order chi connectivity index (χ1) is 15.4. The lowest BCUT2D eigenvalue weighted by Gasteiger charge is -2.25. The zero-order valence-electron chi connectivity index (χ0n) is 17.7. The second-order valence-electron chi connectivity index (χ2n) is 7.24. The smallest absolute Gasteiger partial charge is 0.352 e. The summed E-state index contributed by atoms with van der Waals surface area (Å²) in [5.41, 5.74) is 2.46. The van der Waals surface area contributed by atoms with Gasteiger partial charge in [0, 0.05) is 17.3 Å². The normalized spacial score (nSPS) is 14.6. The van der Waals surface area contributed by atoms with Crippen LogP contribution in [0.2, 0.25) is 0 Å². The molecule has 1 aliphatic rings. The molecule has 0 saturated heterocycles. The molecule has 2 heterocycles. The number of aliphatic carboxylic acids is 1. The van der Waals surface area contributed by atoms with Gasteiger partial charge in [0.1, 0.15) is 34.6 Å². The maximum absolute atomic E-state index is 13.0. The number of allylic oxidation sites excluding steroid dienone is 1. The Kier molecular flexibility index (Phi) is 5.55. The lowest BCUT2D eigenvalue weighted by Crippen LogP contribution is -2.26. The first-order valence-electron chi connectivity index (χ1n) is 9.81. The van der Waals surface area contributed by atoms with Crippen molar-refractivity contribution in [1.82, 2.24) is 9.78 Å². The summed E-state index contributed by atoms with van der Waals surface area (Å²) in [6.07, 6.45) is 2.93. The minimum Gasteiger partial charge on any atom is -0.497 e. The minimum absolute atomic E-state index is 0.0644. The van der Waals surface area contributed by atoms with Crippen LogP contribution in [0.15, 0.2) is 60.4 Å². The maximum atomic E-state index is 13.0. The number of hydrogen-bond donors (Lipinski definition) is 3. The van der Waals surface area contributed by atoms with E-state index in [2.05, 4.69) is 15.7 Å². The van der Waals surface area contributed by atoms with E-state index >= 15 is 0 Å². The van der Waals surface area contributed by atoms with Crippen LogP contribution in [-0.2, 0) is 4.79 Å². The number of nitrogens with zero attached hydrogens (tertiary/aromatic N) is 2. The quantitative estimate of drug-likeness (QED) is 0.544. The van der Waals surface area contributed by atoms with Gasteiger partial charge in [-0.15, -0.1) is 0 Å². The van der Waals surface area contributed by atoms with Crippen LogP contribution in [0.25, 0.3) is 0 Å². The zero-order chi connectivity index (χ0) is 22.8. The van der Waals surface area contributed by atoms with Gasteiger partial charge in [-0.25, -0.2) is 9.48 Å². The number of hydrogen-bond acceptors (Lipinski definition) is 6. The van der Waals surface area contributed by atoms with Crippen molar-refractivity contribution >= 4 is 23.4 Å². The van der Waals surface area contributed by atoms with Crippen molar-refractivity contribution in [2.24, 2.45) is 0 Å². The summed E-state index contributed by atoms with van der Waals surface area (Å²) in [5, 5.41) is 19.7. The number of ether oxygens (including phenoxy) is 2. The van der Waals surface area contributed by atoms with Crippen molar-refractivity contribution in [2.45, 2.75) is 13.0 Å². The number of carbonyl (C=O) groups is 2. The van der Waals surface area contributed by atoms with Crippen LogP contribution in [0, 0.1) is 6.92 Å². The van der Waals surface area contributed by atoms with Gasteiger partial charge in [-0.05, 0) is 42.8 Å². The number of amides is 1. The molecule has 2 aromatic carbocycles. The van der Waals surface area contributed by atoms with Gasteiger partial charge in [-0.3, -0.25) is 4.79 Å². The average Bonchev–Trinajstić information content (AvgIpc) is 3.22. The van der Waals surface area contributed by atoms with Crippen LogP contribution >= 0.6 is 0 Å². The standard InChI is InChI=1S/C23H22N4O5/c1-13-5-4-6-14(9-13)25-22(28)17-12-24-27-19(11-18(23(29)30)26-21(17)27)16-8-7-15(31-2)10-20(16)32-3/h4-12,19,26H,1-3H3,(H,25,28)(H,29,30). The monoisotopic (exact) mass is 434 g/mol. The van der Waals surface area contributed by atoms with Crippen LogP contribution < -0.4 is 20.1 Å². The maximum Gasteiger partial charge on any atom is 0.352 e. The first kappa shape index (κ1) is 21.0. The first-order valence-corrected chi connectivity index (χ1v) is 9.81. The van der Waals surface area contributed by atoms with E-state index in [9.17, 15) is 14.7 Å². The Hall–Kier alpha value is -4.27. The third-order valence-corrected chi connectivity index (χ3v) is 5.15. The van der Waals surface area contributed by atoms with Gasteiger partial charge >= 0.3 is 5.97 Å². The molecule has 3 N–H and O–H groups in total. The second-order valence-corrected chi connectivity index (χ2v) is 7.24. The molecule has 1 amide bonds. The Labute approximate surface area is 184 Å². The van der Waals surface area contributed by atoms with E-state index in [4.69, 9.17) is 9.47 Å². The van der Waals surface area contributed by atoms with Crippen molar-refractivity contribution in [2.75, 3.05) is 24.9 Å². The molecule has 164 valence electrons. The number of carboxylic acid groups (broad SMARTS) is 1. The molecule has 0 saturated carbocycles. The number of carbonyl (C=O) groups excluding carboxylic acids is 1. The molecule has 0 spiro atoms. The molecule has 1 aliphatic heterocycles. The molecule has 1 unspecified atom stereocenters. The SMILES string of the molecule is COc1ccc(C2C=C(C(=O)O)Nc3c(C(=O)Nc4cccc(C)c4)cnn32)c(OC)c1. The van der Waals surface area contributed by atoms with Gasteiger partial charge < -0.3 is 25.2 Å². The highest BCUT2D eigenvalue weighted by Gasteiger charge is 2.31. The van der Waals surface area contributed by atoms with Crippen molar-refractivity contribution in [3.05, 3.63) is 77.1 Å². The molecule has 3 aromatic rings. The summed E-state index contributed by atoms with van der Waals surface area (Å²) in [6, 6.07) is 12.0. The van der Waals surface area contributed by atoms with Crippen molar-refractivity contribution in [3.63, 3.8) is 0 Å². The van der Waals surface area contributed by atoms with Crippen molar-refractivity contribution < 1.29 is 24.2 Å². The fourth-order valence-electron chi connectivity index (χ4n) is 3.59. The van der Waals surface area contributed by atoms with Crippen LogP contribution in [0.5, 0.6) is 11.5 Å². The van der Waals surface area contributed by atoms with Crippen molar-refractivity contribution in [3.8, 4) is 11.5 Å². The molecule has 9 heteroatoms. The predicted molar refractivity (Wildman–Crippen MR) is 118 cm³/mol. The molecule has 1 atom stereocenters. The third kappa shape index (κ3) is 3.87. The summed E-state index contributed by atoms with van der Waals surface area (Å²) in [5.74, 6) is -0.181. The third-order valence-electron chi connectivity index (χ3n) is 5.15. The highest BCUT2D eigenvalue weighted by atomic mass is 16.5. The molecule has 0 fully saturated rings. The molecule has 32 heavy (non-hydrogen) atoms. The Bertz CT molecular complexity index is 1230. The number of rotatable bonds is 6. The fraction of sp³-hybridized carbons (Fsp3) is 0.174. The van der Waals surface area contributed by atoms with Gasteiger partial charge in [0.15, 0.2) is 0 Å². The van der Waals surface area contributed by atoms with E-state index in [-0.39, 0.29) is 17.1 Å². The van der Waals surface area contributed by atoms with Crippen LogP contribution in [0.4, 0.5) is 11.5 Å². The Morgan fingerprint density at radius 1 is 1.16 bits per heavy atom. The summed E-state index contributed by atoms with van der Waals surface area (Å²) in [7, 11) is 3.07. The fourth-order valence-corrected chi connectivity index (χ4v) is 3.59. The topological polar surface area (TPSA) is 115 Å². The molecule has 9 nitrogen and oxygen atoms in total. The van der Waals surface area contributed by atoms with Crippen LogP contribution in [0.1, 0.15) is 27.5 Å². The van der Waals surface area contributed by atoms with Gasteiger partial charge in [-0.2, -0.15) is 5.10 Å². The predicted octanol–water partition coefficient (Wildman–Crippen LogP) is 3.44. The molecule has 1 aromatic heterocycles. The number of aryl methyl sites for hydroxylation is 1. The summed E-state index contributed by atoms with van der Waals surface area (Å²) in [4.78, 5) is 24.8. The summed E-state index contributed by atoms with van der Waals surface area (Å²) < 4.78 is 12.3. The molecular weight excluding hydrogens is 412 g/mol. The highest BCUT2D eigenvalue weighted by molar-refractivity contribution is 6.08. The van der Waals surface area contributed by atoms with E-state index in [0.29, 0.717) is 22.7 Å². The number of fused-ring (bicyclic) bond motifs is 1. The second kappa shape index (κ2) is 8.46. The largest absolute Gasteiger partial charge is 0.497 e. The lowest BCUT2D eigenvalue weighted by molar-refractivity contribution is -0.132. The van der Waals surface area contributed by atoms with Gasteiger partial charge in [0.2, 0.25) is 0 Å². The minimum atomic E-state index is -1.15. The van der Waals surface area contributed by atoms with E-state index in [0.717, 1.165) is 5.56 Å². The van der Waals surface area contributed by atoms with Crippen molar-refractivity contribution in [1.29, 1.82) is 0 Å². The highest BCUT2D eigenvalue weighted by Crippen LogP contribution is 2.37. The number of anilines is 2. The van der Waals surface area contributed by atoms with Crippen LogP contribution in [-0.4, -0.2) is 41.0 Å². The van der Waals surface area contributed by atoms with E-state index in [1.54, 1.807) is 36.1 Å². The number of nitrogens with one attached hydrogen (secondary N) is 2. The number of methoxy groups -OCH3 is 2. The number of aromatic nitrogens is 2. The molecule has 4 rings (SSSR count). The molecular formula is C23H22N4O5. The Morgan fingerprint density at radius 2 is 1.97 bits per heavy atom. The summed E-state index contributed by atoms with van der Waals surface area (Å²) >= 11 is 0. The van der Waals surface area contributed by atoms with E-state index in [1.807, 2.05) is 25.1 Å². The van der Waals surface area contributed by atoms with Gasteiger partial charge in [-0.1, -0.05) is 12.1 Å². The number of carboxylic acids is 1. The van der Waals surface area contributed by atoms with E-state index < -0.39 is 17.9 Å². The van der Waals surface area contributed by atoms with Crippen LogP contribution in [0.3, 0.4) is 0 Å². The Morgan fingerprint density at radius 3 is 2.66 bits per heavy atom. The molecule has 0 radical (unpaired) electrons.